The number of nitrogens with zero attached hydrogens (tertiary/aromatic N) is 3. The molecule has 13 heavy (non-hydrogen) atoms. The van der Waals surface area contributed by atoms with E-state index in [4.69, 9.17) is 0 Å². The van der Waals surface area contributed by atoms with E-state index in [1.807, 2.05) is 13.1 Å². The quantitative estimate of drug-likeness (QED) is 0.621. The van der Waals surface area contributed by atoms with E-state index in [9.17, 15) is 4.39 Å². The van der Waals surface area contributed by atoms with Gasteiger partial charge in [0, 0.05) is 18.5 Å². The predicted molar refractivity (Wildman–Crippen MR) is 46.1 cm³/mol. The summed E-state index contributed by atoms with van der Waals surface area (Å²) < 4.78 is 14.5. The average molecular weight is 177 g/mol. The summed E-state index contributed by atoms with van der Waals surface area (Å²) in [6.07, 6.45) is 4.90. The van der Waals surface area contributed by atoms with E-state index >= 15 is 0 Å². The van der Waals surface area contributed by atoms with Gasteiger partial charge in [-0.25, -0.2) is 9.97 Å². The number of rotatable bonds is 1. The van der Waals surface area contributed by atoms with Crippen molar-refractivity contribution in [3.05, 3.63) is 42.5 Å². The molecule has 0 aromatic carbocycles. The van der Waals surface area contributed by atoms with E-state index in [0.717, 1.165) is 11.4 Å². The summed E-state index contributed by atoms with van der Waals surface area (Å²) in [7, 11) is 0. The summed E-state index contributed by atoms with van der Waals surface area (Å²) in [5.41, 5.74) is 1.63. The summed E-state index contributed by atoms with van der Waals surface area (Å²) >= 11 is 0. The molecule has 66 valence electrons. The third-order valence-electron chi connectivity index (χ3n) is 1.72. The van der Waals surface area contributed by atoms with E-state index in [0.29, 0.717) is 0 Å². The highest BCUT2D eigenvalue weighted by Gasteiger charge is 1.98. The van der Waals surface area contributed by atoms with Gasteiger partial charge >= 0.3 is 0 Å². The first-order chi connectivity index (χ1) is 6.25. The van der Waals surface area contributed by atoms with Gasteiger partial charge in [-0.3, -0.25) is 0 Å². The maximum absolute atomic E-state index is 12.7. The Hall–Kier alpha value is -1.71. The summed E-state index contributed by atoms with van der Waals surface area (Å²) in [5.74, 6) is -0.483. The van der Waals surface area contributed by atoms with Crippen LogP contribution in [0.15, 0.2) is 30.9 Å². The molecule has 3 nitrogen and oxygen atoms in total. The molecule has 0 radical (unpaired) electrons. The zero-order valence-corrected chi connectivity index (χ0v) is 7.11. The van der Waals surface area contributed by atoms with Crippen molar-refractivity contribution in [1.82, 2.24) is 14.5 Å². The topological polar surface area (TPSA) is 30.7 Å². The average Bonchev–Trinajstić information content (AvgIpc) is 2.52. The van der Waals surface area contributed by atoms with E-state index in [1.54, 1.807) is 17.0 Å². The lowest BCUT2D eigenvalue weighted by atomic mass is 10.4. The summed E-state index contributed by atoms with van der Waals surface area (Å²) in [6.45, 7) is 1.88. The minimum absolute atomic E-state index is 0.483. The van der Waals surface area contributed by atoms with Crippen molar-refractivity contribution in [2.24, 2.45) is 0 Å². The molecule has 2 heterocycles. The van der Waals surface area contributed by atoms with Crippen molar-refractivity contribution in [2.75, 3.05) is 0 Å². The lowest BCUT2D eigenvalue weighted by Gasteiger charge is -1.99. The second-order valence-corrected chi connectivity index (χ2v) is 2.76. The van der Waals surface area contributed by atoms with Gasteiger partial charge in [-0.2, -0.15) is 4.39 Å². The molecule has 0 amide bonds. The molecule has 4 heteroatoms. The maximum Gasteiger partial charge on any atom is 0.214 e. The Morgan fingerprint density at radius 3 is 2.85 bits per heavy atom. The zero-order chi connectivity index (χ0) is 9.26. The molecule has 0 saturated carbocycles. The third kappa shape index (κ3) is 1.56. The Bertz CT molecular complexity index is 422. The Morgan fingerprint density at radius 1 is 1.38 bits per heavy atom. The molecule has 0 aliphatic rings. The van der Waals surface area contributed by atoms with E-state index in [1.165, 1.54) is 12.3 Å². The highest BCUT2D eigenvalue weighted by molar-refractivity contribution is 5.29. The lowest BCUT2D eigenvalue weighted by Crippen LogP contribution is -1.91. The monoisotopic (exact) mass is 177 g/mol. The maximum atomic E-state index is 12.7. The van der Waals surface area contributed by atoms with Gasteiger partial charge in [-0.15, -0.1) is 0 Å². The van der Waals surface area contributed by atoms with Crippen molar-refractivity contribution >= 4 is 0 Å². The van der Waals surface area contributed by atoms with Gasteiger partial charge in [-0.1, -0.05) is 0 Å². The molecule has 0 saturated heterocycles. The molecule has 0 aliphatic heterocycles. The Balaban J connectivity index is 2.46. The summed E-state index contributed by atoms with van der Waals surface area (Å²) in [6, 6.07) is 3.09. The smallest absolute Gasteiger partial charge is 0.214 e. The van der Waals surface area contributed by atoms with Crippen LogP contribution in [0.4, 0.5) is 4.39 Å². The highest BCUT2D eigenvalue weighted by Crippen LogP contribution is 2.07. The van der Waals surface area contributed by atoms with Gasteiger partial charge in [0.2, 0.25) is 5.95 Å². The van der Waals surface area contributed by atoms with Crippen molar-refractivity contribution in [1.29, 1.82) is 0 Å². The Labute approximate surface area is 74.9 Å². The van der Waals surface area contributed by atoms with Gasteiger partial charge < -0.3 is 4.57 Å². The molecule has 2 rings (SSSR count). The van der Waals surface area contributed by atoms with Crippen LogP contribution in [0.1, 0.15) is 5.69 Å². The standard InChI is InChI=1S/C9H8FN3/c1-7-5-13(6-12-7)8-2-3-11-9(10)4-8/h2-6H,1H3. The van der Waals surface area contributed by atoms with Gasteiger partial charge in [-0.05, 0) is 13.0 Å². The second-order valence-electron chi connectivity index (χ2n) is 2.76. The van der Waals surface area contributed by atoms with Crippen molar-refractivity contribution in [2.45, 2.75) is 6.92 Å². The minimum atomic E-state index is -0.483. The molecule has 0 atom stereocenters. The van der Waals surface area contributed by atoms with Gasteiger partial charge in [0.15, 0.2) is 0 Å². The normalized spacial score (nSPS) is 10.3. The van der Waals surface area contributed by atoms with Crippen LogP contribution in [0.25, 0.3) is 5.69 Å². The minimum Gasteiger partial charge on any atom is -0.306 e. The molecule has 0 fully saturated rings. The number of hydrogen-bond acceptors (Lipinski definition) is 2. The van der Waals surface area contributed by atoms with E-state index in [2.05, 4.69) is 9.97 Å². The molecular formula is C9H8FN3. The fraction of sp³-hybridized carbons (Fsp3) is 0.111. The number of aromatic nitrogens is 3. The van der Waals surface area contributed by atoms with Crippen LogP contribution in [-0.4, -0.2) is 14.5 Å². The van der Waals surface area contributed by atoms with Crippen LogP contribution in [0.5, 0.6) is 0 Å². The van der Waals surface area contributed by atoms with Crippen LogP contribution in [0.2, 0.25) is 0 Å². The van der Waals surface area contributed by atoms with Crippen molar-refractivity contribution < 1.29 is 4.39 Å². The van der Waals surface area contributed by atoms with Gasteiger partial charge in [0.25, 0.3) is 0 Å². The molecule has 0 bridgehead atoms. The van der Waals surface area contributed by atoms with Crippen LogP contribution in [-0.2, 0) is 0 Å². The number of aryl methyl sites for hydroxylation is 1. The molecular weight excluding hydrogens is 169 g/mol. The molecule has 0 aliphatic carbocycles. The fourth-order valence-corrected chi connectivity index (χ4v) is 1.12. The Morgan fingerprint density at radius 2 is 2.23 bits per heavy atom. The van der Waals surface area contributed by atoms with Crippen LogP contribution >= 0.6 is 0 Å². The SMILES string of the molecule is Cc1cn(-c2ccnc(F)c2)cn1. The first kappa shape index (κ1) is 7.91. The number of halogens is 1. The number of hydrogen-bond donors (Lipinski definition) is 0. The predicted octanol–water partition coefficient (Wildman–Crippen LogP) is 1.71. The van der Waals surface area contributed by atoms with Crippen molar-refractivity contribution in [3.8, 4) is 5.69 Å². The Kier molecular flexibility index (Phi) is 1.81. The lowest BCUT2D eigenvalue weighted by molar-refractivity contribution is 0.582. The first-order valence-corrected chi connectivity index (χ1v) is 3.88. The molecule has 2 aromatic rings. The second kappa shape index (κ2) is 2.97. The van der Waals surface area contributed by atoms with Crippen LogP contribution in [0.3, 0.4) is 0 Å². The van der Waals surface area contributed by atoms with Gasteiger partial charge in [0.1, 0.15) is 0 Å². The number of imidazole rings is 1. The molecule has 0 unspecified atom stereocenters. The largest absolute Gasteiger partial charge is 0.306 e. The third-order valence-corrected chi connectivity index (χ3v) is 1.72. The first-order valence-electron chi connectivity index (χ1n) is 3.88. The molecule has 0 spiro atoms. The van der Waals surface area contributed by atoms with E-state index < -0.39 is 5.95 Å². The molecule has 2 aromatic heterocycles. The molecule has 0 N–H and O–H groups in total. The number of pyridine rings is 1. The van der Waals surface area contributed by atoms with Crippen LogP contribution in [0, 0.1) is 12.9 Å². The van der Waals surface area contributed by atoms with E-state index in [-0.39, 0.29) is 0 Å². The zero-order valence-electron chi connectivity index (χ0n) is 7.11. The summed E-state index contributed by atoms with van der Waals surface area (Å²) in [4.78, 5) is 7.51. The van der Waals surface area contributed by atoms with Crippen LogP contribution < -0.4 is 0 Å². The highest BCUT2D eigenvalue weighted by atomic mass is 19.1. The fourth-order valence-electron chi connectivity index (χ4n) is 1.12. The van der Waals surface area contributed by atoms with Gasteiger partial charge in [0.05, 0.1) is 17.7 Å². The van der Waals surface area contributed by atoms with Crippen molar-refractivity contribution in [3.63, 3.8) is 0 Å². The summed E-state index contributed by atoms with van der Waals surface area (Å²) in [5, 5.41) is 0.